The van der Waals surface area contributed by atoms with Crippen molar-refractivity contribution in [2.24, 2.45) is 0 Å². The van der Waals surface area contributed by atoms with Crippen LogP contribution >= 0.6 is 0 Å². The second kappa shape index (κ2) is 3.20. The molecule has 0 unspecified atom stereocenters. The van der Waals surface area contributed by atoms with E-state index in [1.54, 1.807) is 0 Å². The van der Waals surface area contributed by atoms with E-state index in [0.717, 1.165) is 14.2 Å². The van der Waals surface area contributed by atoms with E-state index < -0.39 is 11.9 Å². The molecule has 6 heteroatoms. The minimum absolute atomic E-state index is 0.0307. The lowest BCUT2D eigenvalue weighted by Gasteiger charge is -1.88. The predicted molar refractivity (Wildman–Crippen MR) is 38.2 cm³/mol. The molecule has 0 spiro atoms. The summed E-state index contributed by atoms with van der Waals surface area (Å²) in [5, 5.41) is -0.0706. The zero-order chi connectivity index (χ0) is 10.0. The van der Waals surface area contributed by atoms with Gasteiger partial charge in [0.15, 0.2) is 11.1 Å². The van der Waals surface area contributed by atoms with Crippen LogP contribution in [0.5, 0.6) is 0 Å². The minimum Gasteiger partial charge on any atom is -0.465 e. The van der Waals surface area contributed by atoms with Gasteiger partial charge in [0.05, 0.1) is 14.2 Å². The molecule has 6 nitrogen and oxygen atoms in total. The van der Waals surface area contributed by atoms with E-state index in [0.29, 0.717) is 0 Å². The summed E-state index contributed by atoms with van der Waals surface area (Å²) in [5.74, 6) is -1.43. The lowest BCUT2D eigenvalue weighted by atomic mass is 10.4. The second-order valence-corrected chi connectivity index (χ2v) is 2.18. The van der Waals surface area contributed by atoms with Crippen molar-refractivity contribution in [3.8, 4) is 0 Å². The molecule has 1 aromatic carbocycles. The first-order valence-corrected chi connectivity index (χ1v) is 3.31. The van der Waals surface area contributed by atoms with Crippen LogP contribution in [0.2, 0.25) is 0 Å². The summed E-state index contributed by atoms with van der Waals surface area (Å²) in [5.41, 5.74) is 8.31. The van der Waals surface area contributed by atoms with Gasteiger partial charge >= 0.3 is 17.3 Å². The van der Waals surface area contributed by atoms with Gasteiger partial charge in [-0.1, -0.05) is 0 Å². The fraction of sp³-hybridized carbons (Fsp3) is 0.286. The quantitative estimate of drug-likeness (QED) is 0.342. The predicted octanol–water partition coefficient (Wildman–Crippen LogP) is -0.734. The van der Waals surface area contributed by atoms with Crippen LogP contribution in [0.1, 0.15) is 20.7 Å². The van der Waals surface area contributed by atoms with Crippen LogP contribution in [0.25, 0.3) is 5.53 Å². The molecule has 0 bridgehead atoms. The molecule has 0 fully saturated rings. The zero-order valence-corrected chi connectivity index (χ0v) is 7.03. The molecule has 13 heavy (non-hydrogen) atoms. The van der Waals surface area contributed by atoms with Crippen LogP contribution in [0.15, 0.2) is 0 Å². The molecule has 0 N–H and O–H groups in total. The molecule has 0 aromatic heterocycles. The van der Waals surface area contributed by atoms with Crippen molar-refractivity contribution >= 4 is 11.9 Å². The van der Waals surface area contributed by atoms with E-state index in [4.69, 9.17) is 5.53 Å². The molecule has 0 saturated carbocycles. The minimum atomic E-state index is -0.715. The molecule has 0 saturated heterocycles. The topological polar surface area (TPSA) is 89.0 Å². The Hall–Kier alpha value is -1.94. The highest BCUT2D eigenvalue weighted by atomic mass is 16.5. The molecule has 1 rings (SSSR count). The molecule has 0 aliphatic rings. The van der Waals surface area contributed by atoms with E-state index in [9.17, 15) is 9.59 Å². The first-order valence-electron chi connectivity index (χ1n) is 3.31. The smallest absolute Gasteiger partial charge is 0.347 e. The van der Waals surface area contributed by atoms with Gasteiger partial charge in [0.1, 0.15) is 0 Å². The molecular weight excluding hydrogens is 176 g/mol. The Morgan fingerprint density at radius 2 is 1.54 bits per heavy atom. The number of ether oxygens (including phenoxy) is 2. The first-order chi connectivity index (χ1) is 6.17. The van der Waals surface area contributed by atoms with Crippen LogP contribution < -0.4 is 5.36 Å². The van der Waals surface area contributed by atoms with Gasteiger partial charge in [-0.3, -0.25) is 0 Å². The number of methoxy groups -OCH3 is 2. The van der Waals surface area contributed by atoms with Gasteiger partial charge in [0, 0.05) is 0 Å². The van der Waals surface area contributed by atoms with Gasteiger partial charge in [0.25, 0.3) is 0 Å². The normalized spacial score (nSPS) is 9.38. The first kappa shape index (κ1) is 9.15. The second-order valence-electron chi connectivity index (χ2n) is 2.18. The Labute approximate surface area is 73.0 Å². The highest BCUT2D eigenvalue weighted by Gasteiger charge is 2.40. The Morgan fingerprint density at radius 1 is 1.15 bits per heavy atom. The van der Waals surface area contributed by atoms with Gasteiger partial charge in [-0.2, -0.15) is 4.79 Å². The van der Waals surface area contributed by atoms with E-state index in [1.165, 1.54) is 0 Å². The average Bonchev–Trinajstić information content (AvgIpc) is 2.89. The largest absolute Gasteiger partial charge is 0.465 e. The molecule has 0 atom stereocenters. The number of hydrogen-bond acceptors (Lipinski definition) is 4. The SMILES string of the molecule is COC(=O)c1c(C(=O)OC)c1=[N+]=[N-]. The number of esters is 2. The van der Waals surface area contributed by atoms with Gasteiger partial charge < -0.3 is 15.0 Å². The fourth-order valence-electron chi connectivity index (χ4n) is 0.879. The Kier molecular flexibility index (Phi) is 2.25. The highest BCUT2D eigenvalue weighted by Crippen LogP contribution is 2.10. The van der Waals surface area contributed by atoms with Crippen molar-refractivity contribution in [2.45, 2.75) is 0 Å². The van der Waals surface area contributed by atoms with Crippen LogP contribution in [-0.4, -0.2) is 30.9 Å². The number of nitrogens with zero attached hydrogens (tertiary/aromatic N) is 2. The third-order valence-electron chi connectivity index (χ3n) is 1.54. The Balaban J connectivity index is 3.06. The zero-order valence-electron chi connectivity index (χ0n) is 7.03. The van der Waals surface area contributed by atoms with Crippen molar-refractivity contribution in [3.63, 3.8) is 0 Å². The van der Waals surface area contributed by atoms with Crippen molar-refractivity contribution in [3.05, 3.63) is 22.0 Å². The van der Waals surface area contributed by atoms with Crippen LogP contribution in [0.4, 0.5) is 0 Å². The number of hydrogen-bond donors (Lipinski definition) is 0. The van der Waals surface area contributed by atoms with Gasteiger partial charge in [0.2, 0.25) is 0 Å². The molecule has 0 aliphatic carbocycles. The average molecular weight is 182 g/mol. The summed E-state index contributed by atoms with van der Waals surface area (Å²) in [6, 6.07) is 0. The summed E-state index contributed by atoms with van der Waals surface area (Å²) < 4.78 is 8.67. The van der Waals surface area contributed by atoms with E-state index >= 15 is 0 Å². The maximum absolute atomic E-state index is 10.9. The van der Waals surface area contributed by atoms with E-state index in [-0.39, 0.29) is 16.5 Å². The summed E-state index contributed by atoms with van der Waals surface area (Å²) in [7, 11) is 2.33. The lowest BCUT2D eigenvalue weighted by Crippen LogP contribution is -2.00. The molecular formula is C7H6N2O4. The summed E-state index contributed by atoms with van der Waals surface area (Å²) in [6.07, 6.45) is 0. The maximum atomic E-state index is 10.9. The number of rotatable bonds is 2. The molecule has 68 valence electrons. The Morgan fingerprint density at radius 3 is 1.77 bits per heavy atom. The summed E-state index contributed by atoms with van der Waals surface area (Å²) >= 11 is 0. The third kappa shape index (κ3) is 1.34. The lowest BCUT2D eigenvalue weighted by molar-refractivity contribution is -0.0606. The maximum Gasteiger partial charge on any atom is 0.347 e. The molecule has 0 aliphatic heterocycles. The van der Waals surface area contributed by atoms with Crippen molar-refractivity contribution in [2.75, 3.05) is 14.2 Å². The molecule has 1 aromatic rings. The van der Waals surface area contributed by atoms with Crippen molar-refractivity contribution < 1.29 is 23.9 Å². The standard InChI is InChI=1S/C7H6N2O4/c1-12-6(10)3-4(5(3)9-8)7(11)13-2/h1-2H3. The summed E-state index contributed by atoms with van der Waals surface area (Å²) in [4.78, 5) is 24.5. The number of carbonyl (C=O) groups excluding carboxylic acids is 2. The molecule has 0 radical (unpaired) electrons. The summed E-state index contributed by atoms with van der Waals surface area (Å²) in [6.45, 7) is 0. The Bertz CT molecular complexity index is 376. The van der Waals surface area contributed by atoms with Crippen LogP contribution in [-0.2, 0) is 9.47 Å². The highest BCUT2D eigenvalue weighted by molar-refractivity contribution is 6.08. The third-order valence-corrected chi connectivity index (χ3v) is 1.54. The molecule has 0 amide bonds. The van der Waals surface area contributed by atoms with Crippen molar-refractivity contribution in [1.82, 2.24) is 0 Å². The van der Waals surface area contributed by atoms with Crippen LogP contribution in [0.3, 0.4) is 0 Å². The fourth-order valence-corrected chi connectivity index (χ4v) is 0.879. The van der Waals surface area contributed by atoms with Gasteiger partial charge in [-0.05, 0) is 0 Å². The molecule has 0 heterocycles. The van der Waals surface area contributed by atoms with Gasteiger partial charge in [-0.15, -0.1) is 0 Å². The van der Waals surface area contributed by atoms with E-state index in [2.05, 4.69) is 14.3 Å². The van der Waals surface area contributed by atoms with E-state index in [1.807, 2.05) is 0 Å². The van der Waals surface area contributed by atoms with Crippen LogP contribution in [0, 0.1) is 0 Å². The van der Waals surface area contributed by atoms with Gasteiger partial charge in [-0.25, -0.2) is 9.59 Å². The monoisotopic (exact) mass is 182 g/mol. The number of carbonyl (C=O) groups is 2. The van der Waals surface area contributed by atoms with Crippen molar-refractivity contribution in [1.29, 1.82) is 0 Å².